The van der Waals surface area contributed by atoms with Gasteiger partial charge in [0.05, 0.1) is 18.5 Å². The zero-order chi connectivity index (χ0) is 22.6. The highest BCUT2D eigenvalue weighted by molar-refractivity contribution is 5.76. The number of benzene rings is 1. The molecular formula is C26H33N3O3. The molecule has 2 N–H and O–H groups in total. The van der Waals surface area contributed by atoms with Gasteiger partial charge in [-0.25, -0.2) is 0 Å². The maximum atomic E-state index is 12.5. The molecule has 0 saturated carbocycles. The van der Waals surface area contributed by atoms with Gasteiger partial charge < -0.3 is 19.6 Å². The third kappa shape index (κ3) is 5.68. The van der Waals surface area contributed by atoms with Crippen LogP contribution in [0.1, 0.15) is 50.6 Å². The number of rotatable bonds is 7. The van der Waals surface area contributed by atoms with Crippen molar-refractivity contribution in [3.05, 3.63) is 65.7 Å². The zero-order valence-electron chi connectivity index (χ0n) is 19.2. The van der Waals surface area contributed by atoms with Gasteiger partial charge >= 0.3 is 0 Å². The Bertz CT molecular complexity index is 1000. The number of hydrogen-bond acceptors (Lipinski definition) is 5. The molecule has 3 heterocycles. The number of nitrogens with one attached hydrogen (secondary N) is 2. The second-order valence-corrected chi connectivity index (χ2v) is 9.79. The summed E-state index contributed by atoms with van der Waals surface area (Å²) in [6, 6.07) is 14.2. The van der Waals surface area contributed by atoms with Crippen molar-refractivity contribution in [1.29, 1.82) is 0 Å². The van der Waals surface area contributed by atoms with E-state index in [9.17, 15) is 4.79 Å². The molecular weight excluding hydrogens is 402 g/mol. The maximum absolute atomic E-state index is 12.5. The highest BCUT2D eigenvalue weighted by atomic mass is 16.5. The number of amides is 1. The molecule has 1 saturated heterocycles. The summed E-state index contributed by atoms with van der Waals surface area (Å²) in [5.74, 6) is 2.29. The third-order valence-corrected chi connectivity index (χ3v) is 6.32. The van der Waals surface area contributed by atoms with Crippen molar-refractivity contribution in [2.45, 2.75) is 52.0 Å². The molecule has 0 aliphatic carbocycles. The Morgan fingerprint density at radius 1 is 1.19 bits per heavy atom. The summed E-state index contributed by atoms with van der Waals surface area (Å²) in [6.45, 7) is 8.89. The van der Waals surface area contributed by atoms with E-state index in [-0.39, 0.29) is 11.3 Å². The molecule has 1 aliphatic rings. The van der Waals surface area contributed by atoms with E-state index in [1.807, 2.05) is 18.2 Å². The fourth-order valence-electron chi connectivity index (χ4n) is 4.34. The van der Waals surface area contributed by atoms with Crippen LogP contribution in [0.25, 0.3) is 11.3 Å². The average Bonchev–Trinajstić information content (AvgIpc) is 3.45. The first kappa shape index (κ1) is 22.3. The summed E-state index contributed by atoms with van der Waals surface area (Å²) in [7, 11) is 0. The van der Waals surface area contributed by atoms with Gasteiger partial charge in [-0.15, -0.1) is 0 Å². The lowest BCUT2D eigenvalue weighted by molar-refractivity contribution is -0.122. The molecule has 6 heteroatoms. The number of hydrogen-bond donors (Lipinski definition) is 2. The largest absolute Gasteiger partial charge is 0.467 e. The number of carbonyl (C=O) groups excluding carboxylic acids is 1. The Labute approximate surface area is 189 Å². The minimum absolute atomic E-state index is 0.0677. The van der Waals surface area contributed by atoms with Crippen LogP contribution in [-0.4, -0.2) is 24.2 Å². The van der Waals surface area contributed by atoms with Crippen molar-refractivity contribution in [2.24, 2.45) is 11.8 Å². The van der Waals surface area contributed by atoms with Gasteiger partial charge in [0.25, 0.3) is 0 Å². The van der Waals surface area contributed by atoms with Crippen LogP contribution in [0.5, 0.6) is 0 Å². The van der Waals surface area contributed by atoms with Crippen molar-refractivity contribution < 1.29 is 13.7 Å². The van der Waals surface area contributed by atoms with Crippen LogP contribution in [0.15, 0.2) is 57.7 Å². The molecule has 0 spiro atoms. The SMILES string of the molecule is CC(C)(C)c1ccc(-c2cc(C[C@@H]3CNCC[C@H]3CC(=O)NCc3ccco3)no2)cc1. The summed E-state index contributed by atoms with van der Waals surface area (Å²) >= 11 is 0. The Morgan fingerprint density at radius 2 is 2.00 bits per heavy atom. The Morgan fingerprint density at radius 3 is 2.72 bits per heavy atom. The minimum atomic E-state index is 0.0677. The van der Waals surface area contributed by atoms with Crippen molar-refractivity contribution in [3.63, 3.8) is 0 Å². The van der Waals surface area contributed by atoms with Crippen molar-refractivity contribution in [2.75, 3.05) is 13.1 Å². The fraction of sp³-hybridized carbons (Fsp3) is 0.462. The second-order valence-electron chi connectivity index (χ2n) is 9.79. The summed E-state index contributed by atoms with van der Waals surface area (Å²) in [5, 5.41) is 10.8. The molecule has 6 nitrogen and oxygen atoms in total. The normalized spacial score (nSPS) is 19.1. The molecule has 1 aliphatic heterocycles. The van der Waals surface area contributed by atoms with E-state index >= 15 is 0 Å². The number of piperidine rings is 1. The van der Waals surface area contributed by atoms with Crippen LogP contribution in [-0.2, 0) is 23.2 Å². The van der Waals surface area contributed by atoms with Gasteiger partial charge in [-0.3, -0.25) is 4.79 Å². The molecule has 0 unspecified atom stereocenters. The number of carbonyl (C=O) groups is 1. The summed E-state index contributed by atoms with van der Waals surface area (Å²) in [5.41, 5.74) is 3.39. The lowest BCUT2D eigenvalue weighted by Crippen LogP contribution is -2.40. The minimum Gasteiger partial charge on any atom is -0.467 e. The monoisotopic (exact) mass is 435 g/mol. The smallest absolute Gasteiger partial charge is 0.220 e. The maximum Gasteiger partial charge on any atom is 0.220 e. The van der Waals surface area contributed by atoms with Gasteiger partial charge in [-0.2, -0.15) is 0 Å². The van der Waals surface area contributed by atoms with E-state index in [1.165, 1.54) is 5.56 Å². The van der Waals surface area contributed by atoms with Crippen LogP contribution in [0.4, 0.5) is 0 Å². The van der Waals surface area contributed by atoms with Gasteiger partial charge in [-0.05, 0) is 60.9 Å². The van der Waals surface area contributed by atoms with Gasteiger partial charge in [0.15, 0.2) is 5.76 Å². The van der Waals surface area contributed by atoms with E-state index in [0.29, 0.717) is 24.8 Å². The van der Waals surface area contributed by atoms with E-state index in [2.05, 4.69) is 60.8 Å². The van der Waals surface area contributed by atoms with Crippen molar-refractivity contribution in [1.82, 2.24) is 15.8 Å². The van der Waals surface area contributed by atoms with E-state index in [1.54, 1.807) is 6.26 Å². The first-order valence-electron chi connectivity index (χ1n) is 11.4. The highest BCUT2D eigenvalue weighted by Gasteiger charge is 2.28. The topological polar surface area (TPSA) is 80.3 Å². The lowest BCUT2D eigenvalue weighted by atomic mass is 9.81. The van der Waals surface area contributed by atoms with Crippen molar-refractivity contribution in [3.8, 4) is 11.3 Å². The predicted molar refractivity (Wildman–Crippen MR) is 124 cm³/mol. The molecule has 1 amide bonds. The molecule has 170 valence electrons. The van der Waals surface area contributed by atoms with Gasteiger partial charge in [-0.1, -0.05) is 50.2 Å². The van der Waals surface area contributed by atoms with Gasteiger partial charge in [0.1, 0.15) is 5.76 Å². The fourth-order valence-corrected chi connectivity index (χ4v) is 4.34. The molecule has 4 rings (SSSR count). The molecule has 2 atom stereocenters. The summed E-state index contributed by atoms with van der Waals surface area (Å²) in [6.07, 6.45) is 3.92. The van der Waals surface area contributed by atoms with Crippen molar-refractivity contribution >= 4 is 5.91 Å². The average molecular weight is 436 g/mol. The molecule has 2 aromatic heterocycles. The third-order valence-electron chi connectivity index (χ3n) is 6.32. The molecule has 1 aromatic carbocycles. The summed E-state index contributed by atoms with van der Waals surface area (Å²) < 4.78 is 10.9. The van der Waals surface area contributed by atoms with Gasteiger partial charge in [0, 0.05) is 18.1 Å². The highest BCUT2D eigenvalue weighted by Crippen LogP contribution is 2.29. The molecule has 3 aromatic rings. The molecule has 0 radical (unpaired) electrons. The first-order chi connectivity index (χ1) is 15.4. The quantitative estimate of drug-likeness (QED) is 0.562. The van der Waals surface area contributed by atoms with Crippen LogP contribution in [0, 0.1) is 11.8 Å². The van der Waals surface area contributed by atoms with E-state index < -0.39 is 0 Å². The van der Waals surface area contributed by atoms with Crippen LogP contribution in [0.2, 0.25) is 0 Å². The number of furan rings is 1. The van der Waals surface area contributed by atoms with Crippen LogP contribution >= 0.6 is 0 Å². The van der Waals surface area contributed by atoms with Crippen LogP contribution < -0.4 is 10.6 Å². The first-order valence-corrected chi connectivity index (χ1v) is 11.4. The Hall–Kier alpha value is -2.86. The molecule has 0 bridgehead atoms. The van der Waals surface area contributed by atoms with Crippen LogP contribution in [0.3, 0.4) is 0 Å². The van der Waals surface area contributed by atoms with E-state index in [0.717, 1.165) is 48.7 Å². The standard InChI is InChI=1S/C26H33N3O3/c1-26(2,3)21-8-6-18(7-9-21)24-15-22(29-32-24)13-20-16-27-11-10-19(20)14-25(30)28-17-23-5-4-12-31-23/h4-9,12,15,19-20,27H,10-11,13-14,16-17H2,1-3H3,(H,28,30)/t19-,20+/m0/s1. The Kier molecular flexibility index (Phi) is 6.80. The lowest BCUT2D eigenvalue weighted by Gasteiger charge is -2.31. The van der Waals surface area contributed by atoms with E-state index in [4.69, 9.17) is 8.94 Å². The Balaban J connectivity index is 1.36. The molecule has 1 fully saturated rings. The van der Waals surface area contributed by atoms with Gasteiger partial charge in [0.2, 0.25) is 5.91 Å². The predicted octanol–water partition coefficient (Wildman–Crippen LogP) is 4.71. The zero-order valence-corrected chi connectivity index (χ0v) is 19.2. The molecule has 32 heavy (non-hydrogen) atoms. The summed E-state index contributed by atoms with van der Waals surface area (Å²) in [4.78, 5) is 12.5. The number of nitrogens with zero attached hydrogens (tertiary/aromatic N) is 1. The number of aromatic nitrogens is 1. The second kappa shape index (κ2) is 9.74.